The van der Waals surface area contributed by atoms with E-state index in [1.165, 1.54) is 27.7 Å². The van der Waals surface area contributed by atoms with Gasteiger partial charge >= 0.3 is 5.97 Å². The number of aliphatic hydroxyl groups is 13. The highest BCUT2D eigenvalue weighted by Gasteiger charge is 2.49. The van der Waals surface area contributed by atoms with Crippen LogP contribution in [0.4, 0.5) is 0 Å². The zero-order chi connectivity index (χ0) is 99.9. The molecule has 4 aliphatic rings. The molecule has 4 fully saturated rings. The smallest absolute Gasteiger partial charge is 0.320 e. The molecule has 20 unspecified atom stereocenters. The molecule has 4 saturated heterocycles. The second kappa shape index (κ2) is 66.6. The minimum absolute atomic E-state index is 0.0106. The zero-order valence-corrected chi connectivity index (χ0v) is 77.9. The van der Waals surface area contributed by atoms with Crippen LogP contribution in [0.25, 0.3) is 10.4 Å². The van der Waals surface area contributed by atoms with Crippen LogP contribution in [-0.2, 0) is 162 Å². The highest BCUT2D eigenvalue weighted by molar-refractivity contribution is 5.75. The maximum atomic E-state index is 13.6. The number of H-pyrrole nitrogens is 1. The van der Waals surface area contributed by atoms with Crippen LogP contribution in [0.1, 0.15) is 69.7 Å². The number of rotatable bonds is 71. The van der Waals surface area contributed by atoms with Gasteiger partial charge in [0, 0.05) is 82.5 Å². The van der Waals surface area contributed by atoms with Gasteiger partial charge < -0.3 is 178 Å². The minimum atomic E-state index is -1.47. The van der Waals surface area contributed by atoms with Crippen molar-refractivity contribution in [3.63, 3.8) is 0 Å². The van der Waals surface area contributed by atoms with Crippen LogP contribution in [0.3, 0.4) is 0 Å². The number of hydrogen-bond acceptors (Lipinski definition) is 46. The summed E-state index contributed by atoms with van der Waals surface area (Å²) in [6, 6.07) is -5.48. The van der Waals surface area contributed by atoms with E-state index in [1.807, 2.05) is 6.20 Å². The first-order valence-corrected chi connectivity index (χ1v) is 45.4. The van der Waals surface area contributed by atoms with Gasteiger partial charge in [-0.2, -0.15) is 4.68 Å². The fourth-order valence-electron chi connectivity index (χ4n) is 14.4. The molecule has 19 N–H and O–H groups in total. The number of hydrogen-bond donors (Lipinski definition) is 19. The summed E-state index contributed by atoms with van der Waals surface area (Å²) in [5.74, 6) is -3.06. The average Bonchev–Trinajstić information content (AvgIpc) is 1.02. The summed E-state index contributed by atoms with van der Waals surface area (Å²) in [5, 5.41) is 189. The molecule has 138 heavy (non-hydrogen) atoms. The van der Waals surface area contributed by atoms with Crippen molar-refractivity contribution in [1.29, 1.82) is 0 Å². The van der Waals surface area contributed by atoms with E-state index < -0.39 is 185 Å². The van der Waals surface area contributed by atoms with Crippen molar-refractivity contribution in [2.45, 2.75) is 228 Å². The lowest BCUT2D eigenvalue weighted by atomic mass is 9.97. The lowest BCUT2D eigenvalue weighted by Gasteiger charge is -2.42. The lowest BCUT2D eigenvalue weighted by Crippen LogP contribution is -2.64. The number of azide groups is 1. The molecule has 0 radical (unpaired) electrons. The predicted molar refractivity (Wildman–Crippen MR) is 462 cm³/mol. The number of carbonyl (C=O) groups excluding carboxylic acids is 4. The van der Waals surface area contributed by atoms with Gasteiger partial charge in [-0.15, -0.1) is 15.3 Å². The van der Waals surface area contributed by atoms with Crippen molar-refractivity contribution in [1.82, 2.24) is 86.4 Å². The van der Waals surface area contributed by atoms with E-state index >= 15 is 0 Å². The number of aromatic nitrogens is 12. The summed E-state index contributed by atoms with van der Waals surface area (Å²) in [5.41, 5.74) is 10.1. The Morgan fingerprint density at radius 2 is 0.746 bits per heavy atom. The Balaban J connectivity index is 0.00000201. The van der Waals surface area contributed by atoms with Crippen molar-refractivity contribution in [2.75, 3.05) is 205 Å². The third-order valence-corrected chi connectivity index (χ3v) is 21.2. The number of ether oxygens (including phenoxy) is 18. The predicted octanol–water partition coefficient (Wildman–Crippen LogP) is -10.9. The highest BCUT2D eigenvalue weighted by Crippen LogP contribution is 2.28. The van der Waals surface area contributed by atoms with Gasteiger partial charge in [0.25, 0.3) is 0 Å². The number of nitrogens with zero attached hydrogens (tertiary/aromatic N) is 16. The molecule has 0 bridgehead atoms. The number of carbonyl (C=O) groups is 5. The van der Waals surface area contributed by atoms with Crippen LogP contribution >= 0.6 is 0 Å². The third-order valence-electron chi connectivity index (χ3n) is 21.2. The van der Waals surface area contributed by atoms with E-state index in [4.69, 9.17) is 95.9 Å². The lowest BCUT2D eigenvalue weighted by molar-refractivity contribution is -0.754. The quantitative estimate of drug-likeness (QED) is 0.00642. The fourth-order valence-corrected chi connectivity index (χ4v) is 14.4. The largest absolute Gasteiger partial charge is 0.480 e. The molecule has 58 heteroatoms. The van der Waals surface area contributed by atoms with Gasteiger partial charge in [0.15, 0.2) is 31.4 Å². The second-order valence-corrected chi connectivity index (χ2v) is 31.9. The summed E-state index contributed by atoms with van der Waals surface area (Å²) in [6.45, 7) is 9.53. The molecule has 0 spiro atoms. The number of carboxylic acids is 1. The number of aromatic amines is 1. The average molecular weight is 1990 g/mol. The summed E-state index contributed by atoms with van der Waals surface area (Å²) in [6.07, 6.45) is -12.8. The number of aliphatic carboxylic acids is 1. The van der Waals surface area contributed by atoms with E-state index in [1.54, 1.807) is 42.2 Å². The van der Waals surface area contributed by atoms with Crippen LogP contribution in [0.2, 0.25) is 0 Å². The Morgan fingerprint density at radius 3 is 1.07 bits per heavy atom. The fraction of sp³-hybridized carbons (Fsp3) is 0.838. The maximum absolute atomic E-state index is 13.6. The molecule has 58 nitrogen and oxygen atoms in total. The Hall–Kier alpha value is -8.10. The number of carboxylic acid groups (broad SMARTS) is 1. The molecule has 4 amide bonds. The summed E-state index contributed by atoms with van der Waals surface area (Å²) in [7, 11) is 0. The maximum Gasteiger partial charge on any atom is 0.320 e. The van der Waals surface area contributed by atoms with Crippen LogP contribution in [0.5, 0.6) is 0 Å². The number of aliphatic hydroxyl groups excluding tert-OH is 13. The Morgan fingerprint density at radius 1 is 0.435 bits per heavy atom. The normalized spacial score (nSPS) is 25.2. The molecule has 21 atom stereocenters. The Bertz CT molecular complexity index is 3820. The summed E-state index contributed by atoms with van der Waals surface area (Å²) < 4.78 is 107. The number of amides is 4. The van der Waals surface area contributed by atoms with E-state index in [0.717, 1.165) is 0 Å². The van der Waals surface area contributed by atoms with Crippen LogP contribution in [-0.4, -0.2) is 499 Å². The van der Waals surface area contributed by atoms with E-state index in [-0.39, 0.29) is 171 Å². The zero-order valence-electron chi connectivity index (χ0n) is 77.9. The van der Waals surface area contributed by atoms with Crippen molar-refractivity contribution < 1.29 is 185 Å². The monoisotopic (exact) mass is 1990 g/mol. The molecule has 8 heterocycles. The molecule has 4 aliphatic heterocycles. The van der Waals surface area contributed by atoms with Crippen molar-refractivity contribution in [2.24, 2.45) is 5.11 Å². The van der Waals surface area contributed by atoms with E-state index in [9.17, 15) is 90.4 Å². The molecule has 786 valence electrons. The molecular formula is C80H140N21O37+. The molecule has 4 aromatic rings. The first kappa shape index (κ1) is 117. The van der Waals surface area contributed by atoms with Gasteiger partial charge in [-0.05, 0) is 24.9 Å². The molecule has 0 aliphatic carbocycles. The van der Waals surface area contributed by atoms with Crippen molar-refractivity contribution in [3.8, 4) is 0 Å². The van der Waals surface area contributed by atoms with Crippen LogP contribution in [0, 0.1) is 0 Å². The Kier molecular flexibility index (Phi) is 56.4. The first-order chi connectivity index (χ1) is 66.7. The molecule has 0 aromatic carbocycles. The Labute approximate surface area is 794 Å². The molecule has 4 aromatic heterocycles. The van der Waals surface area contributed by atoms with Gasteiger partial charge in [0.2, 0.25) is 29.3 Å². The standard InChI is InChI=1S/C74H126N18O34.C6H13N3O3/c1-45(97)75-58-66(105)62(101)54(41-93)123-71(58)119-29-25-115-21-17-111-13-9-89-37-49(79-83-89)33-87(34-50-38-90(84-80-50)10-14-112-18-22-116-26-30-120-72-59(76-46(2)98)67(106)63(102)55(42-94)124-72)8-6-5-7-53(70(109)110)88(35-51-39-91(85-81-51)11-15-113-19-23-117-27-31-121-73-60(77-47(3)99)68(107)64(103)56(43-95)125-73)36-52-40-92(86-82-52)12-16-114-20-24-118-28-32-122-74-61(78-48(4)100)69(108)65(104)57(44-96)126-74;7-9-8-1-3-11-5-6-12-4-2-10/h37-40,53-69,71-74,93-96,101-108H,5-36,41-44H2,1-4H3,(H5,75,76,77,78,97,98,99,100,109,110);10H,1-6H2/p+1/t53-,54?,55?,56?,57?,58?,59?,60?,61?,62?,63?,64?,65?,66?,67?,68?,69?,71?,72?,73?,74?;/m0./s1. The second-order valence-electron chi connectivity index (χ2n) is 31.9. The summed E-state index contributed by atoms with van der Waals surface area (Å²) in [4.78, 5) is 67.3. The number of nitrogens with one attached hydrogen (secondary N) is 5. The van der Waals surface area contributed by atoms with Crippen LogP contribution in [0.15, 0.2) is 29.9 Å². The van der Waals surface area contributed by atoms with Gasteiger partial charge in [-0.1, -0.05) is 32.4 Å². The molecular weight excluding hydrogens is 1850 g/mol. The van der Waals surface area contributed by atoms with Gasteiger partial charge in [0.1, 0.15) is 110 Å². The van der Waals surface area contributed by atoms with Crippen molar-refractivity contribution in [3.05, 3.63) is 58.0 Å². The van der Waals surface area contributed by atoms with Crippen molar-refractivity contribution >= 4 is 29.6 Å². The number of unbranched alkanes of at least 4 members (excludes halogenated alkanes) is 1. The van der Waals surface area contributed by atoms with Gasteiger partial charge in [-0.25, -0.2) is 14.0 Å². The van der Waals surface area contributed by atoms with Gasteiger partial charge in [0.05, 0.1) is 235 Å². The van der Waals surface area contributed by atoms with E-state index in [0.29, 0.717) is 101 Å². The highest BCUT2D eigenvalue weighted by atomic mass is 16.7. The third kappa shape index (κ3) is 42.6. The SMILES string of the molecule is CC(=O)NC1C(OCCOCCOCCn2cc(CN(CCCC[C@@H](C(=O)O)N(Cc3cn(CCOCCOCCOC4OC(CO)C(O)C(O)C4NC(C)=O)nn3)Cc3cn(CCOCCOCCOC4OC(CO)C(O)C(O)C4NC(C)=O)nn3)Cc3c[n+](CCOCCOCCOC4OC(CO)C(O)C(O)C4NC(C)=O)[nH]n3)nn2)OC(CO)C(O)C1O.[N-]=[N+]=NCCOCCOCCO. The minimum Gasteiger partial charge on any atom is -0.480 e. The molecule has 0 saturated carbocycles. The van der Waals surface area contributed by atoms with Crippen LogP contribution < -0.4 is 25.9 Å². The molecule has 8 rings (SSSR count). The first-order valence-electron chi connectivity index (χ1n) is 45.4. The summed E-state index contributed by atoms with van der Waals surface area (Å²) >= 11 is 0. The topological polar surface area (TPSA) is 763 Å². The van der Waals surface area contributed by atoms with E-state index in [2.05, 4.69) is 77.4 Å². The van der Waals surface area contributed by atoms with Gasteiger partial charge in [-0.3, -0.25) is 33.8 Å².